The maximum atomic E-state index is 14.3. The molecular formula is C33H30N6O5S2. The SMILES string of the molecule is CON=C(C(=O)NC1C(=O)N2C(C(=O)OC(c3ccccc3)c3ccccc3)=C(c3nnc(N(C)C)s3)CS[C@@H]12)c1ccccc1. The number of hydrogen-bond donors (Lipinski definition) is 1. The van der Waals surface area contributed by atoms with E-state index in [1.807, 2.05) is 85.7 Å². The van der Waals surface area contributed by atoms with Crippen molar-refractivity contribution in [2.75, 3.05) is 31.9 Å². The van der Waals surface area contributed by atoms with Gasteiger partial charge in [-0.2, -0.15) is 0 Å². The van der Waals surface area contributed by atoms with E-state index in [2.05, 4.69) is 20.7 Å². The van der Waals surface area contributed by atoms with Crippen molar-refractivity contribution < 1.29 is 24.0 Å². The number of benzene rings is 3. The average molecular weight is 655 g/mol. The van der Waals surface area contributed by atoms with E-state index >= 15 is 0 Å². The third kappa shape index (κ3) is 6.11. The van der Waals surface area contributed by atoms with Crippen molar-refractivity contribution in [2.24, 2.45) is 5.16 Å². The van der Waals surface area contributed by atoms with Gasteiger partial charge in [0.05, 0.1) is 0 Å². The van der Waals surface area contributed by atoms with E-state index in [4.69, 9.17) is 9.57 Å². The number of anilines is 1. The number of thioether (sulfide) groups is 1. The van der Waals surface area contributed by atoms with Gasteiger partial charge in [0.1, 0.15) is 29.2 Å². The summed E-state index contributed by atoms with van der Waals surface area (Å²) in [5.74, 6) is -1.36. The van der Waals surface area contributed by atoms with Gasteiger partial charge in [-0.05, 0) is 11.1 Å². The van der Waals surface area contributed by atoms with Crippen molar-refractivity contribution in [3.63, 3.8) is 0 Å². The second-order valence-electron chi connectivity index (χ2n) is 10.6. The van der Waals surface area contributed by atoms with Crippen LogP contribution in [-0.4, -0.2) is 77.0 Å². The first-order chi connectivity index (χ1) is 22.4. The molecule has 3 heterocycles. The molecule has 0 aliphatic carbocycles. The maximum absolute atomic E-state index is 14.3. The monoisotopic (exact) mass is 654 g/mol. The number of amides is 2. The highest BCUT2D eigenvalue weighted by Gasteiger charge is 2.55. The van der Waals surface area contributed by atoms with Crippen LogP contribution in [0.1, 0.15) is 27.8 Å². The third-order valence-electron chi connectivity index (χ3n) is 7.38. The number of carbonyl (C=O) groups is 3. The first kappa shape index (κ1) is 31.0. The smallest absolute Gasteiger partial charge is 0.356 e. The number of oxime groups is 1. The summed E-state index contributed by atoms with van der Waals surface area (Å²) in [7, 11) is 5.06. The van der Waals surface area contributed by atoms with E-state index < -0.39 is 35.3 Å². The lowest BCUT2D eigenvalue weighted by Crippen LogP contribution is -2.71. The fraction of sp³-hybridized carbons (Fsp3) is 0.212. The lowest BCUT2D eigenvalue weighted by Gasteiger charge is -2.49. The van der Waals surface area contributed by atoms with Gasteiger partial charge in [-0.15, -0.1) is 22.0 Å². The van der Waals surface area contributed by atoms with Crippen LogP contribution in [0.2, 0.25) is 0 Å². The number of hydrogen-bond acceptors (Lipinski definition) is 11. The Balaban J connectivity index is 1.33. The van der Waals surface area contributed by atoms with Gasteiger partial charge < -0.3 is 19.8 Å². The van der Waals surface area contributed by atoms with Crippen molar-refractivity contribution in [3.05, 3.63) is 118 Å². The molecule has 1 N–H and O–H groups in total. The molecule has 0 saturated carbocycles. The summed E-state index contributed by atoms with van der Waals surface area (Å²) < 4.78 is 6.24. The van der Waals surface area contributed by atoms with Crippen LogP contribution in [0.25, 0.3) is 5.57 Å². The Kier molecular flexibility index (Phi) is 9.13. The second-order valence-corrected chi connectivity index (χ2v) is 12.6. The number of β-lactam (4-membered cyclic amide) rings is 1. The summed E-state index contributed by atoms with van der Waals surface area (Å²) in [5, 5.41) is 15.9. The van der Waals surface area contributed by atoms with Gasteiger partial charge in [0.25, 0.3) is 11.8 Å². The first-order valence-corrected chi connectivity index (χ1v) is 16.2. The normalized spacial score (nSPS) is 17.7. The van der Waals surface area contributed by atoms with Crippen molar-refractivity contribution in [1.82, 2.24) is 20.4 Å². The maximum Gasteiger partial charge on any atom is 0.356 e. The topological polar surface area (TPSA) is 126 Å². The zero-order valence-electron chi connectivity index (χ0n) is 25.2. The van der Waals surface area contributed by atoms with E-state index in [0.717, 1.165) is 11.1 Å². The number of nitrogens with zero attached hydrogens (tertiary/aromatic N) is 5. The number of ether oxygens (including phenoxy) is 1. The van der Waals surface area contributed by atoms with Crippen molar-refractivity contribution in [3.8, 4) is 0 Å². The van der Waals surface area contributed by atoms with E-state index in [1.165, 1.54) is 35.1 Å². The summed E-state index contributed by atoms with van der Waals surface area (Å²) in [5.41, 5.74) is 2.76. The van der Waals surface area contributed by atoms with Gasteiger partial charge in [0.2, 0.25) is 5.13 Å². The molecule has 1 unspecified atom stereocenters. The fourth-order valence-corrected chi connectivity index (χ4v) is 7.41. The number of rotatable bonds is 10. The van der Waals surface area contributed by atoms with Gasteiger partial charge in [0.15, 0.2) is 11.8 Å². The van der Waals surface area contributed by atoms with E-state index in [-0.39, 0.29) is 11.4 Å². The van der Waals surface area contributed by atoms with Crippen LogP contribution in [0.5, 0.6) is 0 Å². The molecule has 3 aromatic carbocycles. The van der Waals surface area contributed by atoms with Crippen LogP contribution in [0.15, 0.2) is 102 Å². The Labute approximate surface area is 273 Å². The summed E-state index contributed by atoms with van der Waals surface area (Å²) >= 11 is 2.73. The van der Waals surface area contributed by atoms with Gasteiger partial charge in [-0.25, -0.2) is 4.79 Å². The predicted octanol–water partition coefficient (Wildman–Crippen LogP) is 4.10. The average Bonchev–Trinajstić information content (AvgIpc) is 3.59. The Morgan fingerprint density at radius 1 is 0.957 bits per heavy atom. The first-order valence-electron chi connectivity index (χ1n) is 14.3. The highest BCUT2D eigenvalue weighted by molar-refractivity contribution is 8.00. The Morgan fingerprint density at radius 2 is 1.57 bits per heavy atom. The Morgan fingerprint density at radius 3 is 2.13 bits per heavy atom. The van der Waals surface area contributed by atoms with Crippen LogP contribution in [0.3, 0.4) is 0 Å². The molecule has 1 fully saturated rings. The summed E-state index contributed by atoms with van der Waals surface area (Å²) in [6, 6.07) is 26.8. The van der Waals surface area contributed by atoms with Crippen LogP contribution in [-0.2, 0) is 24.0 Å². The molecule has 2 atom stereocenters. The van der Waals surface area contributed by atoms with Gasteiger partial charge in [0, 0.05) is 31.0 Å². The molecule has 1 saturated heterocycles. The largest absolute Gasteiger partial charge is 0.448 e. The Hall–Kier alpha value is -5.01. The molecule has 11 nitrogen and oxygen atoms in total. The van der Waals surface area contributed by atoms with Gasteiger partial charge in [-0.3, -0.25) is 14.5 Å². The van der Waals surface area contributed by atoms with Gasteiger partial charge >= 0.3 is 5.97 Å². The van der Waals surface area contributed by atoms with Crippen LogP contribution < -0.4 is 10.2 Å². The number of fused-ring (bicyclic) bond motifs is 1. The molecule has 234 valence electrons. The number of carbonyl (C=O) groups excluding carboxylic acids is 3. The predicted molar refractivity (Wildman–Crippen MR) is 177 cm³/mol. The van der Waals surface area contributed by atoms with Crippen molar-refractivity contribution in [2.45, 2.75) is 17.5 Å². The van der Waals surface area contributed by atoms with E-state index in [1.54, 1.807) is 24.3 Å². The highest BCUT2D eigenvalue weighted by atomic mass is 32.2. The number of aromatic nitrogens is 2. The third-order valence-corrected chi connectivity index (χ3v) is 9.81. The summed E-state index contributed by atoms with van der Waals surface area (Å²) in [4.78, 5) is 49.6. The second kappa shape index (κ2) is 13.5. The summed E-state index contributed by atoms with van der Waals surface area (Å²) in [6.45, 7) is 0. The molecule has 2 amide bonds. The van der Waals surface area contributed by atoms with Crippen molar-refractivity contribution in [1.29, 1.82) is 0 Å². The minimum absolute atomic E-state index is 0.0321. The summed E-state index contributed by atoms with van der Waals surface area (Å²) in [6.07, 6.45) is -0.728. The van der Waals surface area contributed by atoms with Crippen LogP contribution in [0.4, 0.5) is 5.13 Å². The molecule has 0 radical (unpaired) electrons. The number of esters is 1. The number of nitrogens with one attached hydrogen (secondary N) is 1. The molecule has 1 aromatic heterocycles. The van der Waals surface area contributed by atoms with Crippen molar-refractivity contribution >= 4 is 57.3 Å². The zero-order valence-corrected chi connectivity index (χ0v) is 26.8. The molecule has 2 aliphatic heterocycles. The molecule has 6 rings (SSSR count). The highest BCUT2D eigenvalue weighted by Crippen LogP contribution is 2.45. The quantitative estimate of drug-likeness (QED) is 0.116. The van der Waals surface area contributed by atoms with E-state index in [0.29, 0.717) is 27.0 Å². The van der Waals surface area contributed by atoms with Gasteiger partial charge in [-0.1, -0.05) is 107 Å². The molecule has 4 aromatic rings. The molecule has 13 heteroatoms. The fourth-order valence-electron chi connectivity index (χ4n) is 5.16. The zero-order chi connectivity index (χ0) is 32.2. The lowest BCUT2D eigenvalue weighted by atomic mass is 10.0. The standard InChI is InChI=1S/C33H30N6O5S2/c1-38(2)33-36-35-29(46-33)23-19-45-31-25(34-28(40)24(37-43-3)20-13-7-4-8-14-20)30(41)39(31)26(23)32(42)44-27(21-15-9-5-10-16-21)22-17-11-6-12-18-22/h4-18,25,27,31H,19H2,1-3H3,(H,34,40)/t25?,31-/m0/s1. The molecule has 2 aliphatic rings. The van der Waals surface area contributed by atoms with E-state index in [9.17, 15) is 14.4 Å². The molecule has 46 heavy (non-hydrogen) atoms. The lowest BCUT2D eigenvalue weighted by molar-refractivity contribution is -0.154. The molecular weight excluding hydrogens is 625 g/mol. The molecule has 0 spiro atoms. The van der Waals surface area contributed by atoms with Crippen LogP contribution >= 0.6 is 23.1 Å². The molecule has 0 bridgehead atoms. The minimum atomic E-state index is -0.904. The van der Waals surface area contributed by atoms with Crippen LogP contribution in [0, 0.1) is 0 Å². The Bertz CT molecular complexity index is 1760. The minimum Gasteiger partial charge on any atom is -0.448 e.